The molecule has 0 radical (unpaired) electrons. The first-order valence-electron chi connectivity index (χ1n) is 10.3. The summed E-state index contributed by atoms with van der Waals surface area (Å²) >= 11 is 0. The molecule has 1 atom stereocenters. The molecular formula is C24H28N2O4. The van der Waals surface area contributed by atoms with E-state index in [1.54, 1.807) is 36.1 Å². The van der Waals surface area contributed by atoms with Gasteiger partial charge in [0.15, 0.2) is 6.10 Å². The summed E-state index contributed by atoms with van der Waals surface area (Å²) < 4.78 is 5.46. The number of benzene rings is 2. The highest BCUT2D eigenvalue weighted by atomic mass is 16.5. The second kappa shape index (κ2) is 9.11. The number of esters is 1. The number of amides is 2. The van der Waals surface area contributed by atoms with Gasteiger partial charge >= 0.3 is 5.97 Å². The van der Waals surface area contributed by atoms with Crippen LogP contribution in [0.4, 0.5) is 11.4 Å². The van der Waals surface area contributed by atoms with Crippen LogP contribution >= 0.6 is 0 Å². The van der Waals surface area contributed by atoms with Crippen molar-refractivity contribution in [2.24, 2.45) is 0 Å². The Morgan fingerprint density at radius 2 is 1.80 bits per heavy atom. The quantitative estimate of drug-likeness (QED) is 0.718. The first-order chi connectivity index (χ1) is 14.3. The molecule has 0 bridgehead atoms. The third-order valence-corrected chi connectivity index (χ3v) is 5.32. The van der Waals surface area contributed by atoms with Gasteiger partial charge in [-0.2, -0.15) is 0 Å². The van der Waals surface area contributed by atoms with Gasteiger partial charge in [-0.1, -0.05) is 44.2 Å². The number of hydrogen-bond donors (Lipinski definition) is 1. The number of carbonyl (C=O) groups is 3. The molecule has 1 saturated heterocycles. The fourth-order valence-corrected chi connectivity index (χ4v) is 3.63. The zero-order chi connectivity index (χ0) is 21.8. The van der Waals surface area contributed by atoms with Crippen LogP contribution in [0, 0.1) is 6.92 Å². The molecule has 0 aliphatic carbocycles. The van der Waals surface area contributed by atoms with Crippen molar-refractivity contribution in [2.75, 3.05) is 16.8 Å². The summed E-state index contributed by atoms with van der Waals surface area (Å²) in [6, 6.07) is 12.7. The lowest BCUT2D eigenvalue weighted by Crippen LogP contribution is -2.32. The average Bonchev–Trinajstić information content (AvgIpc) is 3.14. The Morgan fingerprint density at radius 1 is 1.07 bits per heavy atom. The van der Waals surface area contributed by atoms with Crippen molar-refractivity contribution in [3.05, 3.63) is 59.2 Å². The van der Waals surface area contributed by atoms with E-state index in [1.165, 1.54) is 0 Å². The molecule has 6 heteroatoms. The molecule has 6 nitrogen and oxygen atoms in total. The number of ether oxygens (including phenoxy) is 1. The van der Waals surface area contributed by atoms with Gasteiger partial charge in [0.25, 0.3) is 5.91 Å². The molecule has 1 aliphatic rings. The van der Waals surface area contributed by atoms with E-state index in [0.29, 0.717) is 18.7 Å². The molecule has 3 rings (SSSR count). The fraction of sp³-hybridized carbons (Fsp3) is 0.375. The van der Waals surface area contributed by atoms with E-state index in [0.717, 1.165) is 23.2 Å². The zero-order valence-electron chi connectivity index (χ0n) is 17.9. The topological polar surface area (TPSA) is 75.7 Å². The Balaban J connectivity index is 1.74. The minimum Gasteiger partial charge on any atom is -0.449 e. The second-order valence-corrected chi connectivity index (χ2v) is 7.90. The molecule has 1 aliphatic heterocycles. The van der Waals surface area contributed by atoms with Crippen LogP contribution in [0.15, 0.2) is 42.5 Å². The maximum absolute atomic E-state index is 12.8. The normalized spacial score (nSPS) is 14.7. The van der Waals surface area contributed by atoms with Crippen molar-refractivity contribution in [3.8, 4) is 0 Å². The molecule has 2 aromatic rings. The lowest BCUT2D eigenvalue weighted by molar-refractivity contribution is -0.123. The fourth-order valence-electron chi connectivity index (χ4n) is 3.63. The number of hydrogen-bond acceptors (Lipinski definition) is 4. The number of nitrogens with one attached hydrogen (secondary N) is 1. The van der Waals surface area contributed by atoms with Crippen molar-refractivity contribution in [3.63, 3.8) is 0 Å². The smallest absolute Gasteiger partial charge is 0.341 e. The van der Waals surface area contributed by atoms with Gasteiger partial charge < -0.3 is 15.0 Å². The van der Waals surface area contributed by atoms with Gasteiger partial charge in [-0.25, -0.2) is 4.79 Å². The van der Waals surface area contributed by atoms with Crippen LogP contribution in [0.2, 0.25) is 0 Å². The number of aryl methyl sites for hydroxylation is 1. The molecule has 2 aromatic carbocycles. The number of para-hydroxylation sites is 2. The molecule has 0 unspecified atom stereocenters. The third-order valence-electron chi connectivity index (χ3n) is 5.32. The standard InChI is InChI=1S/C24H28N2O4/c1-15(2)18-11-7-9-16(3)22(18)25-23(28)17(4)30-24(29)19-10-5-6-12-20(19)26-14-8-13-21(26)27/h5-7,9-12,15,17H,8,13-14H2,1-4H3,(H,25,28)/t17-/m0/s1. The summed E-state index contributed by atoms with van der Waals surface area (Å²) in [5.74, 6) is -0.791. The van der Waals surface area contributed by atoms with Crippen LogP contribution in [0.3, 0.4) is 0 Å². The molecular weight excluding hydrogens is 380 g/mol. The molecule has 2 amide bonds. The van der Waals surface area contributed by atoms with E-state index in [-0.39, 0.29) is 17.4 Å². The first kappa shape index (κ1) is 21.6. The van der Waals surface area contributed by atoms with Crippen LogP contribution in [-0.2, 0) is 14.3 Å². The van der Waals surface area contributed by atoms with E-state index in [4.69, 9.17) is 4.74 Å². The third kappa shape index (κ3) is 4.53. The lowest BCUT2D eigenvalue weighted by atomic mass is 9.98. The van der Waals surface area contributed by atoms with Crippen molar-refractivity contribution in [1.82, 2.24) is 0 Å². The summed E-state index contributed by atoms with van der Waals surface area (Å²) in [6.07, 6.45) is 0.242. The minimum atomic E-state index is -0.987. The summed E-state index contributed by atoms with van der Waals surface area (Å²) in [6.45, 7) is 8.17. The Hall–Kier alpha value is -3.15. The highest BCUT2D eigenvalue weighted by Crippen LogP contribution is 2.28. The van der Waals surface area contributed by atoms with Crippen LogP contribution in [0.1, 0.15) is 61.0 Å². The van der Waals surface area contributed by atoms with Gasteiger partial charge in [0.1, 0.15) is 0 Å². The molecule has 158 valence electrons. The van der Waals surface area contributed by atoms with Gasteiger partial charge in [0.2, 0.25) is 5.91 Å². The van der Waals surface area contributed by atoms with Crippen LogP contribution < -0.4 is 10.2 Å². The first-order valence-corrected chi connectivity index (χ1v) is 10.3. The maximum atomic E-state index is 12.8. The molecule has 0 saturated carbocycles. The number of anilines is 2. The Kier molecular flexibility index (Phi) is 6.55. The molecule has 1 fully saturated rings. The number of nitrogens with zero attached hydrogens (tertiary/aromatic N) is 1. The zero-order valence-corrected chi connectivity index (χ0v) is 17.9. The molecule has 30 heavy (non-hydrogen) atoms. The summed E-state index contributed by atoms with van der Waals surface area (Å²) in [7, 11) is 0. The predicted octanol–water partition coefficient (Wildman–Crippen LogP) is 4.43. The van der Waals surface area contributed by atoms with Gasteiger partial charge in [-0.3, -0.25) is 9.59 Å². The Bertz CT molecular complexity index is 967. The molecule has 0 aromatic heterocycles. The number of rotatable bonds is 6. The van der Waals surface area contributed by atoms with Crippen molar-refractivity contribution >= 4 is 29.2 Å². The van der Waals surface area contributed by atoms with E-state index in [2.05, 4.69) is 19.2 Å². The lowest BCUT2D eigenvalue weighted by Gasteiger charge is -2.21. The average molecular weight is 408 g/mol. The SMILES string of the molecule is Cc1cccc(C(C)C)c1NC(=O)[C@H](C)OC(=O)c1ccccc1N1CCCC1=O. The van der Waals surface area contributed by atoms with Gasteiger partial charge in [-0.15, -0.1) is 0 Å². The van der Waals surface area contributed by atoms with Gasteiger partial charge in [0.05, 0.1) is 11.3 Å². The van der Waals surface area contributed by atoms with E-state index in [9.17, 15) is 14.4 Å². The van der Waals surface area contributed by atoms with Crippen molar-refractivity contribution in [2.45, 2.75) is 52.6 Å². The number of carbonyl (C=O) groups excluding carboxylic acids is 3. The summed E-state index contributed by atoms with van der Waals surface area (Å²) in [5.41, 5.74) is 3.54. The minimum absolute atomic E-state index is 0.0122. The van der Waals surface area contributed by atoms with Gasteiger partial charge in [0, 0.05) is 18.7 Å². The maximum Gasteiger partial charge on any atom is 0.341 e. The van der Waals surface area contributed by atoms with Crippen molar-refractivity contribution in [1.29, 1.82) is 0 Å². The van der Waals surface area contributed by atoms with E-state index >= 15 is 0 Å². The van der Waals surface area contributed by atoms with E-state index < -0.39 is 18.0 Å². The highest BCUT2D eigenvalue weighted by Gasteiger charge is 2.28. The summed E-state index contributed by atoms with van der Waals surface area (Å²) in [4.78, 5) is 39.3. The summed E-state index contributed by atoms with van der Waals surface area (Å²) in [5, 5.41) is 2.91. The van der Waals surface area contributed by atoms with Crippen molar-refractivity contribution < 1.29 is 19.1 Å². The Morgan fingerprint density at radius 3 is 2.47 bits per heavy atom. The molecule has 1 heterocycles. The predicted molar refractivity (Wildman–Crippen MR) is 117 cm³/mol. The van der Waals surface area contributed by atoms with Crippen LogP contribution in [0.5, 0.6) is 0 Å². The van der Waals surface area contributed by atoms with Gasteiger partial charge in [-0.05, 0) is 49.4 Å². The molecule has 0 spiro atoms. The molecule has 1 N–H and O–H groups in total. The highest BCUT2D eigenvalue weighted by molar-refractivity contribution is 6.04. The van der Waals surface area contributed by atoms with E-state index in [1.807, 2.05) is 25.1 Å². The Labute approximate surface area is 177 Å². The largest absolute Gasteiger partial charge is 0.449 e. The second-order valence-electron chi connectivity index (χ2n) is 7.90. The monoisotopic (exact) mass is 408 g/mol. The van der Waals surface area contributed by atoms with Crippen LogP contribution in [-0.4, -0.2) is 30.4 Å². The van der Waals surface area contributed by atoms with Crippen LogP contribution in [0.25, 0.3) is 0 Å².